The van der Waals surface area contributed by atoms with Crippen molar-refractivity contribution in [2.45, 2.75) is 6.42 Å². The molecule has 0 atom stereocenters. The van der Waals surface area contributed by atoms with E-state index in [0.717, 1.165) is 17.7 Å². The van der Waals surface area contributed by atoms with Crippen LogP contribution in [0.15, 0.2) is 53.2 Å². The first-order valence-corrected chi connectivity index (χ1v) is 4.12. The summed E-state index contributed by atoms with van der Waals surface area (Å²) in [5.74, 6) is 0. The highest BCUT2D eigenvalue weighted by atomic mass is 14.7. The van der Waals surface area contributed by atoms with Gasteiger partial charge in [0, 0.05) is 1.43 Å². The quantitative estimate of drug-likeness (QED) is 0.648. The average molecular weight is 178 g/mol. The molecule has 0 aromatic rings. The molecule has 0 saturated carbocycles. The minimum atomic E-state index is 0. The van der Waals surface area contributed by atoms with E-state index < -0.39 is 0 Å². The highest BCUT2D eigenvalue weighted by Gasteiger charge is 1.95. The van der Waals surface area contributed by atoms with Crippen LogP contribution in [0.4, 0.5) is 0 Å². The normalized spacial score (nSPS) is 14.3. The molecule has 0 saturated heterocycles. The summed E-state index contributed by atoms with van der Waals surface area (Å²) in [6, 6.07) is 0. The van der Waals surface area contributed by atoms with E-state index in [1.807, 2.05) is 12.2 Å². The standard InChI is InChI=1S/C10H11N.CH5N.H2/c1-3-9-7-5-4-6-8-10(9)11-2;1-2;/h3,5-8H,1-2,4H2;2H2,1H3;1H. The number of hydrogen-bond acceptors (Lipinski definition) is 2. The second-order valence-corrected chi connectivity index (χ2v) is 2.24. The number of allylic oxidation sites excluding steroid dienone is 6. The number of aliphatic imine (C=N–C) groups is 1. The monoisotopic (exact) mass is 178 g/mol. The molecule has 0 fully saturated rings. The largest absolute Gasteiger partial charge is 0.333 e. The zero-order chi connectivity index (χ0) is 10.1. The second kappa shape index (κ2) is 7.25. The van der Waals surface area contributed by atoms with Crippen molar-refractivity contribution in [2.75, 3.05) is 7.05 Å². The van der Waals surface area contributed by atoms with Crippen LogP contribution in [0.25, 0.3) is 0 Å². The molecule has 0 aromatic heterocycles. The molecule has 0 aliphatic heterocycles. The lowest BCUT2D eigenvalue weighted by Gasteiger charge is -1.95. The topological polar surface area (TPSA) is 38.4 Å². The van der Waals surface area contributed by atoms with Gasteiger partial charge in [0.25, 0.3) is 0 Å². The maximum atomic E-state index is 4.50. The molecule has 0 radical (unpaired) electrons. The molecule has 1 rings (SSSR count). The van der Waals surface area contributed by atoms with Crippen molar-refractivity contribution in [1.82, 2.24) is 0 Å². The minimum absolute atomic E-state index is 0. The van der Waals surface area contributed by atoms with Crippen molar-refractivity contribution in [3.8, 4) is 0 Å². The molecule has 13 heavy (non-hydrogen) atoms. The van der Waals surface area contributed by atoms with Crippen molar-refractivity contribution in [1.29, 1.82) is 0 Å². The number of nitrogens with zero attached hydrogens (tertiary/aromatic N) is 1. The van der Waals surface area contributed by atoms with Gasteiger partial charge in [-0.15, -0.1) is 0 Å². The van der Waals surface area contributed by atoms with Gasteiger partial charge in [-0.3, -0.25) is 4.99 Å². The third kappa shape index (κ3) is 3.67. The van der Waals surface area contributed by atoms with Crippen LogP contribution in [0.2, 0.25) is 0 Å². The predicted octanol–water partition coefficient (Wildman–Crippen LogP) is 2.46. The van der Waals surface area contributed by atoms with E-state index in [1.165, 1.54) is 7.05 Å². The molecular weight excluding hydrogens is 160 g/mol. The SMILES string of the molecule is C=CC1=C(N=C)C=CCC=C1.CN.[HH]. The summed E-state index contributed by atoms with van der Waals surface area (Å²) in [6.45, 7) is 7.18. The zero-order valence-electron chi connectivity index (χ0n) is 8.03. The Hall–Kier alpha value is -1.41. The third-order valence-corrected chi connectivity index (χ3v) is 1.53. The van der Waals surface area contributed by atoms with Crippen molar-refractivity contribution in [3.05, 3.63) is 48.2 Å². The van der Waals surface area contributed by atoms with E-state index in [1.54, 1.807) is 6.08 Å². The first-order valence-electron chi connectivity index (χ1n) is 4.12. The molecule has 1 aliphatic rings. The highest BCUT2D eigenvalue weighted by Crippen LogP contribution is 2.13. The molecule has 0 heterocycles. The summed E-state index contributed by atoms with van der Waals surface area (Å²) in [7, 11) is 1.50. The highest BCUT2D eigenvalue weighted by molar-refractivity contribution is 5.45. The molecule has 0 spiro atoms. The van der Waals surface area contributed by atoms with Crippen molar-refractivity contribution >= 4 is 6.72 Å². The molecule has 1 aliphatic carbocycles. The fourth-order valence-electron chi connectivity index (χ4n) is 0.951. The molecule has 0 aromatic carbocycles. The van der Waals surface area contributed by atoms with Gasteiger partial charge in [-0.05, 0) is 31.8 Å². The fraction of sp³-hybridized carbons (Fsp3) is 0.182. The zero-order valence-corrected chi connectivity index (χ0v) is 8.03. The molecular formula is C11H18N2. The third-order valence-electron chi connectivity index (χ3n) is 1.53. The maximum Gasteiger partial charge on any atom is 0.0691 e. The van der Waals surface area contributed by atoms with E-state index in [4.69, 9.17) is 0 Å². The Balaban J connectivity index is 0. The van der Waals surface area contributed by atoms with Crippen LogP contribution in [0.5, 0.6) is 0 Å². The van der Waals surface area contributed by atoms with Crippen LogP contribution in [0, 0.1) is 0 Å². The Kier molecular flexibility index (Phi) is 6.46. The first-order chi connectivity index (χ1) is 6.38. The number of nitrogens with two attached hydrogens (primary N) is 1. The van der Waals surface area contributed by atoms with E-state index in [9.17, 15) is 0 Å². The van der Waals surface area contributed by atoms with Crippen molar-refractivity contribution in [3.63, 3.8) is 0 Å². The summed E-state index contributed by atoms with van der Waals surface area (Å²) in [5.41, 5.74) is 6.43. The average Bonchev–Trinajstić information content (AvgIpc) is 2.44. The Morgan fingerprint density at radius 1 is 1.46 bits per heavy atom. The van der Waals surface area contributed by atoms with Gasteiger partial charge in [-0.1, -0.05) is 30.9 Å². The van der Waals surface area contributed by atoms with Crippen LogP contribution in [0.1, 0.15) is 7.85 Å². The Morgan fingerprint density at radius 2 is 2.08 bits per heavy atom. The summed E-state index contributed by atoms with van der Waals surface area (Å²) < 4.78 is 0. The van der Waals surface area contributed by atoms with E-state index in [0.29, 0.717) is 0 Å². The van der Waals surface area contributed by atoms with Gasteiger partial charge in [-0.25, -0.2) is 0 Å². The van der Waals surface area contributed by atoms with Gasteiger partial charge in [0.2, 0.25) is 0 Å². The van der Waals surface area contributed by atoms with E-state index in [-0.39, 0.29) is 1.43 Å². The summed E-state index contributed by atoms with van der Waals surface area (Å²) in [6.07, 6.45) is 10.8. The van der Waals surface area contributed by atoms with Gasteiger partial charge in [0.05, 0.1) is 5.70 Å². The first kappa shape index (κ1) is 11.6. The minimum Gasteiger partial charge on any atom is -0.333 e. The second-order valence-electron chi connectivity index (χ2n) is 2.24. The number of hydrogen-bond donors (Lipinski definition) is 1. The van der Waals surface area contributed by atoms with Crippen LogP contribution in [-0.4, -0.2) is 13.8 Å². The molecule has 0 amide bonds. The molecule has 0 unspecified atom stereocenters. The molecule has 0 bridgehead atoms. The lowest BCUT2D eigenvalue weighted by Crippen LogP contribution is -1.76. The van der Waals surface area contributed by atoms with Crippen LogP contribution < -0.4 is 5.73 Å². The van der Waals surface area contributed by atoms with Crippen molar-refractivity contribution < 1.29 is 1.43 Å². The molecule has 2 heteroatoms. The smallest absolute Gasteiger partial charge is 0.0691 e. The summed E-state index contributed by atoms with van der Waals surface area (Å²) in [5, 5.41) is 0. The van der Waals surface area contributed by atoms with Crippen LogP contribution in [-0.2, 0) is 0 Å². The number of rotatable bonds is 2. The van der Waals surface area contributed by atoms with Gasteiger partial charge in [0.1, 0.15) is 0 Å². The van der Waals surface area contributed by atoms with Gasteiger partial charge < -0.3 is 5.73 Å². The predicted molar refractivity (Wildman–Crippen MR) is 61.9 cm³/mol. The maximum absolute atomic E-state index is 4.50. The van der Waals surface area contributed by atoms with Gasteiger partial charge >= 0.3 is 0 Å². The molecule has 72 valence electrons. The van der Waals surface area contributed by atoms with Gasteiger partial charge in [0.15, 0.2) is 0 Å². The van der Waals surface area contributed by atoms with Crippen molar-refractivity contribution in [2.24, 2.45) is 10.7 Å². The Labute approximate surface area is 81.4 Å². The summed E-state index contributed by atoms with van der Waals surface area (Å²) in [4.78, 5) is 3.88. The summed E-state index contributed by atoms with van der Waals surface area (Å²) >= 11 is 0. The Bertz CT molecular complexity index is 236. The molecule has 2 nitrogen and oxygen atoms in total. The van der Waals surface area contributed by atoms with E-state index in [2.05, 4.69) is 36.2 Å². The lowest BCUT2D eigenvalue weighted by molar-refractivity contribution is 1.37. The van der Waals surface area contributed by atoms with E-state index >= 15 is 0 Å². The van der Waals surface area contributed by atoms with Gasteiger partial charge in [-0.2, -0.15) is 0 Å². The lowest BCUT2D eigenvalue weighted by atomic mass is 10.2. The van der Waals surface area contributed by atoms with Crippen LogP contribution >= 0.6 is 0 Å². The van der Waals surface area contributed by atoms with Crippen LogP contribution in [0.3, 0.4) is 0 Å². The Morgan fingerprint density at radius 3 is 2.62 bits per heavy atom. The molecule has 2 N–H and O–H groups in total. The fourth-order valence-corrected chi connectivity index (χ4v) is 0.951.